The lowest BCUT2D eigenvalue weighted by molar-refractivity contribution is -0.148. The highest BCUT2D eigenvalue weighted by atomic mass is 19.4. The Labute approximate surface area is 184 Å². The summed E-state index contributed by atoms with van der Waals surface area (Å²) in [6.45, 7) is 7.66. The van der Waals surface area contributed by atoms with Gasteiger partial charge in [-0.2, -0.15) is 13.2 Å². The number of halogens is 3. The van der Waals surface area contributed by atoms with Crippen molar-refractivity contribution in [3.8, 4) is 0 Å². The molecule has 3 nitrogen and oxygen atoms in total. The minimum absolute atomic E-state index is 0.246. The van der Waals surface area contributed by atoms with Crippen LogP contribution in [-0.2, 0) is 11.2 Å². The van der Waals surface area contributed by atoms with Gasteiger partial charge in [0.1, 0.15) is 6.42 Å². The second-order valence-electron chi connectivity index (χ2n) is 9.00. The fraction of sp³-hybridized carbons (Fsp3) is 0.640. The lowest BCUT2D eigenvalue weighted by Gasteiger charge is -2.38. The van der Waals surface area contributed by atoms with Crippen molar-refractivity contribution in [2.45, 2.75) is 58.0 Å². The fourth-order valence-electron chi connectivity index (χ4n) is 4.87. The van der Waals surface area contributed by atoms with E-state index in [0.717, 1.165) is 70.9 Å². The highest BCUT2D eigenvalue weighted by molar-refractivity contribution is 5.90. The third-order valence-electron chi connectivity index (χ3n) is 6.76. The Morgan fingerprint density at radius 3 is 2.39 bits per heavy atom. The van der Waals surface area contributed by atoms with Gasteiger partial charge in [-0.3, -0.25) is 9.69 Å². The number of hydrogen-bond donors (Lipinski definition) is 0. The number of rotatable bonds is 8. The minimum atomic E-state index is -4.41. The standard InChI is InChI=1S/C25H35F3N2O/c1-2-22-5-3-4-6-24(22)30-17-15-29(16-18-30)14-13-21-9-7-20(8-10-21)11-12-23(31)19-25(26,27)28/h3-6,11-12,20-21H,2,7-10,13-19H2,1H3/b12-11+. The molecular formula is C25H35F3N2O. The minimum Gasteiger partial charge on any atom is -0.369 e. The number of carbonyl (C=O) groups is 1. The van der Waals surface area contributed by atoms with E-state index in [1.54, 1.807) is 6.08 Å². The van der Waals surface area contributed by atoms with Crippen LogP contribution in [-0.4, -0.2) is 49.6 Å². The molecule has 0 aromatic heterocycles. The van der Waals surface area contributed by atoms with Gasteiger partial charge in [-0.1, -0.05) is 31.2 Å². The van der Waals surface area contributed by atoms with Gasteiger partial charge in [-0.05, 0) is 74.6 Å². The Morgan fingerprint density at radius 1 is 1.06 bits per heavy atom. The van der Waals surface area contributed by atoms with Crippen LogP contribution in [0.15, 0.2) is 36.4 Å². The molecule has 31 heavy (non-hydrogen) atoms. The maximum atomic E-state index is 12.2. The van der Waals surface area contributed by atoms with E-state index in [2.05, 4.69) is 41.0 Å². The first-order valence-electron chi connectivity index (χ1n) is 11.7. The van der Waals surface area contributed by atoms with Crippen LogP contribution < -0.4 is 4.90 Å². The summed E-state index contributed by atoms with van der Waals surface area (Å²) < 4.78 is 36.7. The van der Waals surface area contributed by atoms with Gasteiger partial charge < -0.3 is 4.90 Å². The Bertz CT molecular complexity index is 731. The molecule has 0 N–H and O–H groups in total. The predicted molar refractivity (Wildman–Crippen MR) is 119 cm³/mol. The largest absolute Gasteiger partial charge is 0.396 e. The number of allylic oxidation sites excluding steroid dienone is 2. The highest BCUT2D eigenvalue weighted by Gasteiger charge is 2.30. The van der Waals surface area contributed by atoms with E-state index in [-0.39, 0.29) is 5.92 Å². The third kappa shape index (κ3) is 7.67. The monoisotopic (exact) mass is 436 g/mol. The summed E-state index contributed by atoms with van der Waals surface area (Å²) in [5.41, 5.74) is 2.80. The Hall–Kier alpha value is -1.82. The van der Waals surface area contributed by atoms with E-state index < -0.39 is 18.4 Å². The molecule has 1 saturated carbocycles. The van der Waals surface area contributed by atoms with Crippen molar-refractivity contribution in [1.82, 2.24) is 4.90 Å². The van der Waals surface area contributed by atoms with Crippen molar-refractivity contribution in [2.24, 2.45) is 11.8 Å². The molecule has 0 atom stereocenters. The molecule has 0 unspecified atom stereocenters. The van der Waals surface area contributed by atoms with Gasteiger partial charge in [0.2, 0.25) is 0 Å². The van der Waals surface area contributed by atoms with Gasteiger partial charge in [0, 0.05) is 31.9 Å². The SMILES string of the molecule is CCc1ccccc1N1CCN(CCC2CCC(/C=C/C(=O)CC(F)(F)F)CC2)CC1. The van der Waals surface area contributed by atoms with Gasteiger partial charge in [0.15, 0.2) is 5.78 Å². The highest BCUT2D eigenvalue weighted by Crippen LogP contribution is 2.32. The van der Waals surface area contributed by atoms with Crippen LogP contribution in [0.1, 0.15) is 51.0 Å². The van der Waals surface area contributed by atoms with E-state index in [4.69, 9.17) is 0 Å². The summed E-state index contributed by atoms with van der Waals surface area (Å²) in [7, 11) is 0. The number of aryl methyl sites for hydroxylation is 1. The van der Waals surface area contributed by atoms with Gasteiger partial charge in [0.25, 0.3) is 0 Å². The molecule has 1 aromatic carbocycles. The van der Waals surface area contributed by atoms with Crippen molar-refractivity contribution < 1.29 is 18.0 Å². The Balaban J connectivity index is 1.34. The van der Waals surface area contributed by atoms with E-state index >= 15 is 0 Å². The van der Waals surface area contributed by atoms with Gasteiger partial charge in [-0.25, -0.2) is 0 Å². The molecule has 1 aromatic rings. The number of ketones is 1. The van der Waals surface area contributed by atoms with Crippen molar-refractivity contribution in [3.63, 3.8) is 0 Å². The normalized spacial score (nSPS) is 23.4. The molecule has 2 aliphatic rings. The first-order valence-corrected chi connectivity index (χ1v) is 11.7. The molecule has 1 saturated heterocycles. The average Bonchev–Trinajstić information content (AvgIpc) is 2.76. The summed E-state index contributed by atoms with van der Waals surface area (Å²) in [5, 5.41) is 0. The zero-order valence-electron chi connectivity index (χ0n) is 18.5. The number of para-hydroxylation sites is 1. The first-order chi connectivity index (χ1) is 14.8. The lowest BCUT2D eigenvalue weighted by Crippen LogP contribution is -2.47. The smallest absolute Gasteiger partial charge is 0.369 e. The summed E-state index contributed by atoms with van der Waals surface area (Å²) in [5.74, 6) is 0.0975. The fourth-order valence-corrected chi connectivity index (χ4v) is 4.87. The molecule has 1 aliphatic carbocycles. The molecule has 0 bridgehead atoms. The van der Waals surface area contributed by atoms with Crippen LogP contribution in [0.5, 0.6) is 0 Å². The zero-order valence-corrected chi connectivity index (χ0v) is 18.5. The molecule has 0 amide bonds. The summed E-state index contributed by atoms with van der Waals surface area (Å²) >= 11 is 0. The molecule has 0 radical (unpaired) electrons. The van der Waals surface area contributed by atoms with E-state index in [9.17, 15) is 18.0 Å². The molecule has 6 heteroatoms. The van der Waals surface area contributed by atoms with Crippen LogP contribution in [0.4, 0.5) is 18.9 Å². The van der Waals surface area contributed by atoms with Crippen LogP contribution in [0.25, 0.3) is 0 Å². The molecule has 1 heterocycles. The molecular weight excluding hydrogens is 401 g/mol. The number of hydrogen-bond acceptors (Lipinski definition) is 3. The van der Waals surface area contributed by atoms with Gasteiger partial charge in [-0.15, -0.1) is 0 Å². The van der Waals surface area contributed by atoms with Crippen molar-refractivity contribution in [3.05, 3.63) is 42.0 Å². The first kappa shape index (κ1) is 23.8. The van der Waals surface area contributed by atoms with E-state index in [1.807, 2.05) is 0 Å². The number of alkyl halides is 3. The molecule has 3 rings (SSSR count). The van der Waals surface area contributed by atoms with Gasteiger partial charge >= 0.3 is 6.18 Å². The predicted octanol–water partition coefficient (Wildman–Crippen LogP) is 5.65. The van der Waals surface area contributed by atoms with Crippen molar-refractivity contribution in [2.75, 3.05) is 37.6 Å². The maximum Gasteiger partial charge on any atom is 0.396 e. The topological polar surface area (TPSA) is 23.6 Å². The third-order valence-corrected chi connectivity index (χ3v) is 6.76. The number of piperazine rings is 1. The van der Waals surface area contributed by atoms with Gasteiger partial charge in [0.05, 0.1) is 0 Å². The zero-order chi connectivity index (χ0) is 22.3. The summed E-state index contributed by atoms with van der Waals surface area (Å²) in [4.78, 5) is 16.4. The van der Waals surface area contributed by atoms with Crippen LogP contribution >= 0.6 is 0 Å². The maximum absolute atomic E-state index is 12.2. The van der Waals surface area contributed by atoms with Crippen molar-refractivity contribution in [1.29, 1.82) is 0 Å². The number of benzene rings is 1. The second-order valence-corrected chi connectivity index (χ2v) is 9.00. The lowest BCUT2D eigenvalue weighted by atomic mass is 9.80. The Kier molecular flexibility index (Phi) is 8.58. The van der Waals surface area contributed by atoms with Crippen molar-refractivity contribution >= 4 is 11.5 Å². The number of nitrogens with zero attached hydrogens (tertiary/aromatic N) is 2. The molecule has 2 fully saturated rings. The quantitative estimate of drug-likeness (QED) is 0.493. The molecule has 172 valence electrons. The van der Waals surface area contributed by atoms with E-state index in [1.165, 1.54) is 17.7 Å². The van der Waals surface area contributed by atoms with Crippen LogP contribution in [0.3, 0.4) is 0 Å². The summed E-state index contributed by atoms with van der Waals surface area (Å²) in [6, 6.07) is 8.69. The molecule has 0 spiro atoms. The average molecular weight is 437 g/mol. The summed E-state index contributed by atoms with van der Waals surface area (Å²) in [6.07, 6.45) is 3.49. The number of carbonyl (C=O) groups excluding carboxylic acids is 1. The number of anilines is 1. The van der Waals surface area contributed by atoms with E-state index in [0.29, 0.717) is 5.92 Å². The van der Waals surface area contributed by atoms with Crippen LogP contribution in [0.2, 0.25) is 0 Å². The second kappa shape index (κ2) is 11.2. The molecule has 1 aliphatic heterocycles. The Morgan fingerprint density at radius 2 is 1.74 bits per heavy atom. The van der Waals surface area contributed by atoms with Crippen LogP contribution in [0, 0.1) is 11.8 Å².